The fraction of sp³-hybridized carbons (Fsp3) is 0.571. The van der Waals surface area contributed by atoms with Gasteiger partial charge < -0.3 is 15.2 Å². The largest absolute Gasteiger partial charge is 0.358 e. The lowest BCUT2D eigenvalue weighted by Gasteiger charge is -2.44. The minimum Gasteiger partial charge on any atom is -0.358 e. The van der Waals surface area contributed by atoms with Gasteiger partial charge in [-0.15, -0.1) is 0 Å². The molecule has 134 valence electrons. The number of hydrogen-bond donors (Lipinski definition) is 2. The molecule has 1 aromatic heterocycles. The second-order valence-electron chi connectivity index (χ2n) is 7.85. The van der Waals surface area contributed by atoms with Crippen molar-refractivity contribution in [2.75, 3.05) is 19.6 Å². The fourth-order valence-corrected chi connectivity index (χ4v) is 4.74. The summed E-state index contributed by atoms with van der Waals surface area (Å²) < 4.78 is 0. The second-order valence-corrected chi connectivity index (χ2v) is 7.85. The summed E-state index contributed by atoms with van der Waals surface area (Å²) in [5.74, 6) is 0.672. The topological polar surface area (TPSA) is 48.1 Å². The highest BCUT2D eigenvalue weighted by atomic mass is 16.1. The number of fused-ring (bicyclic) bond motifs is 2. The van der Waals surface area contributed by atoms with E-state index in [9.17, 15) is 4.79 Å². The Morgan fingerprint density at radius 2 is 2.04 bits per heavy atom. The molecule has 2 aliphatic rings. The third kappa shape index (κ3) is 3.20. The average Bonchev–Trinajstić information content (AvgIpc) is 2.93. The Morgan fingerprint density at radius 1 is 1.20 bits per heavy atom. The molecule has 0 saturated carbocycles. The van der Waals surface area contributed by atoms with E-state index in [0.717, 1.165) is 23.0 Å². The van der Waals surface area contributed by atoms with Gasteiger partial charge in [0.25, 0.3) is 5.91 Å². The van der Waals surface area contributed by atoms with E-state index in [2.05, 4.69) is 29.0 Å². The number of nitrogens with one attached hydrogen (secondary N) is 2. The summed E-state index contributed by atoms with van der Waals surface area (Å²) in [7, 11) is 0. The molecule has 2 aromatic rings. The monoisotopic (exact) mass is 339 g/mol. The number of rotatable bonds is 3. The molecule has 25 heavy (non-hydrogen) atoms. The van der Waals surface area contributed by atoms with Crippen molar-refractivity contribution in [3.63, 3.8) is 0 Å². The first-order chi connectivity index (χ1) is 12.1. The van der Waals surface area contributed by atoms with Crippen LogP contribution < -0.4 is 5.32 Å². The van der Waals surface area contributed by atoms with Crippen molar-refractivity contribution in [3.05, 3.63) is 35.0 Å². The summed E-state index contributed by atoms with van der Waals surface area (Å²) in [5.41, 5.74) is 4.28. The van der Waals surface area contributed by atoms with E-state index >= 15 is 0 Å². The number of aromatic nitrogens is 1. The van der Waals surface area contributed by atoms with Gasteiger partial charge in [0, 0.05) is 34.7 Å². The molecule has 2 N–H and O–H groups in total. The first kappa shape index (κ1) is 16.6. The Bertz CT molecular complexity index is 777. The Balaban J connectivity index is 1.44. The third-order valence-corrected chi connectivity index (χ3v) is 6.32. The number of piperidine rings is 2. The predicted molar refractivity (Wildman–Crippen MR) is 102 cm³/mol. The minimum atomic E-state index is 0.0630. The van der Waals surface area contributed by atoms with E-state index in [1.54, 1.807) is 0 Å². The van der Waals surface area contributed by atoms with Crippen LogP contribution in [-0.4, -0.2) is 41.5 Å². The molecule has 2 saturated heterocycles. The molecule has 3 heterocycles. The predicted octanol–water partition coefficient (Wildman–Crippen LogP) is 3.78. The van der Waals surface area contributed by atoms with Gasteiger partial charge in [-0.05, 0) is 82.3 Å². The Labute approximate surface area is 150 Å². The van der Waals surface area contributed by atoms with Gasteiger partial charge in [0.15, 0.2) is 0 Å². The second kappa shape index (κ2) is 6.83. The number of nitrogens with zero attached hydrogens (tertiary/aromatic N) is 1. The molecular weight excluding hydrogens is 310 g/mol. The molecular formula is C21H29N3O. The van der Waals surface area contributed by atoms with Gasteiger partial charge >= 0.3 is 0 Å². The van der Waals surface area contributed by atoms with Gasteiger partial charge in [-0.2, -0.15) is 0 Å². The Kier molecular flexibility index (Phi) is 4.55. The van der Waals surface area contributed by atoms with Gasteiger partial charge in [0.2, 0.25) is 0 Å². The van der Waals surface area contributed by atoms with Crippen LogP contribution in [0.1, 0.15) is 53.7 Å². The van der Waals surface area contributed by atoms with Crippen molar-refractivity contribution in [3.8, 4) is 0 Å². The summed E-state index contributed by atoms with van der Waals surface area (Å²) in [6, 6.07) is 6.66. The van der Waals surface area contributed by atoms with Crippen LogP contribution in [0.4, 0.5) is 0 Å². The zero-order valence-corrected chi connectivity index (χ0v) is 15.4. The van der Waals surface area contributed by atoms with Crippen molar-refractivity contribution < 1.29 is 4.79 Å². The van der Waals surface area contributed by atoms with Crippen molar-refractivity contribution in [2.24, 2.45) is 5.92 Å². The first-order valence-corrected chi connectivity index (χ1v) is 9.74. The summed E-state index contributed by atoms with van der Waals surface area (Å²) in [5, 5.41) is 4.37. The van der Waals surface area contributed by atoms with E-state index in [4.69, 9.17) is 0 Å². The van der Waals surface area contributed by atoms with Crippen molar-refractivity contribution in [1.82, 2.24) is 15.2 Å². The van der Waals surface area contributed by atoms with E-state index in [1.165, 1.54) is 56.5 Å². The lowest BCUT2D eigenvalue weighted by atomic mass is 9.83. The van der Waals surface area contributed by atoms with Crippen LogP contribution in [0, 0.1) is 19.8 Å². The number of carbonyl (C=O) groups is 1. The van der Waals surface area contributed by atoms with Crippen LogP contribution in [-0.2, 0) is 0 Å². The molecule has 0 aliphatic carbocycles. The van der Waals surface area contributed by atoms with E-state index in [-0.39, 0.29) is 5.91 Å². The number of amides is 1. The quantitative estimate of drug-likeness (QED) is 0.894. The molecule has 1 aromatic carbocycles. The van der Waals surface area contributed by atoms with Gasteiger partial charge in [-0.25, -0.2) is 0 Å². The maximum Gasteiger partial charge on any atom is 0.251 e. The molecule has 2 aliphatic heterocycles. The van der Waals surface area contributed by atoms with Gasteiger partial charge in [-0.1, -0.05) is 6.42 Å². The van der Waals surface area contributed by atoms with Crippen LogP contribution in [0.25, 0.3) is 10.9 Å². The van der Waals surface area contributed by atoms with Crippen LogP contribution in [0.3, 0.4) is 0 Å². The smallest absolute Gasteiger partial charge is 0.251 e. The molecule has 1 amide bonds. The Hall–Kier alpha value is -1.81. The molecule has 0 bridgehead atoms. The standard InChI is InChI=1S/C21H29N3O/c1-14-15(2)23-19-9-8-16(12-18(14)19)21(25)22-13-17-6-5-11-24-10-4-3-7-20(17)24/h8-9,12,17,20,23H,3-7,10-11,13H2,1-2H3,(H,22,25)/t17-,20+/m0/s1. The lowest BCUT2D eigenvalue weighted by molar-refractivity contribution is 0.0575. The molecule has 2 fully saturated rings. The summed E-state index contributed by atoms with van der Waals surface area (Å²) in [6.45, 7) is 7.49. The SMILES string of the molecule is Cc1[nH]c2ccc(C(=O)NC[C@@H]3CCCN4CCCC[C@H]34)cc2c1C. The normalized spacial score (nSPS) is 24.2. The van der Waals surface area contributed by atoms with Gasteiger partial charge in [-0.3, -0.25) is 4.79 Å². The molecule has 4 nitrogen and oxygen atoms in total. The third-order valence-electron chi connectivity index (χ3n) is 6.32. The number of hydrogen-bond acceptors (Lipinski definition) is 2. The highest BCUT2D eigenvalue weighted by Gasteiger charge is 2.32. The molecule has 4 rings (SSSR count). The lowest BCUT2D eigenvalue weighted by Crippen LogP contribution is -2.51. The molecule has 0 spiro atoms. The number of H-pyrrole nitrogens is 1. The summed E-state index contributed by atoms with van der Waals surface area (Å²) in [6.07, 6.45) is 6.50. The van der Waals surface area contributed by atoms with Crippen LogP contribution in [0.5, 0.6) is 0 Å². The first-order valence-electron chi connectivity index (χ1n) is 9.74. The van der Waals surface area contributed by atoms with Crippen LogP contribution in [0.2, 0.25) is 0 Å². The highest BCUT2D eigenvalue weighted by Crippen LogP contribution is 2.30. The summed E-state index contributed by atoms with van der Waals surface area (Å²) >= 11 is 0. The number of benzene rings is 1. The van der Waals surface area contributed by atoms with Gasteiger partial charge in [0.05, 0.1) is 0 Å². The van der Waals surface area contributed by atoms with Crippen molar-refractivity contribution in [1.29, 1.82) is 0 Å². The molecule has 0 unspecified atom stereocenters. The van der Waals surface area contributed by atoms with Crippen molar-refractivity contribution in [2.45, 2.75) is 52.0 Å². The number of carbonyl (C=O) groups excluding carboxylic acids is 1. The maximum absolute atomic E-state index is 12.7. The zero-order chi connectivity index (χ0) is 17.4. The van der Waals surface area contributed by atoms with Crippen LogP contribution >= 0.6 is 0 Å². The average molecular weight is 339 g/mol. The zero-order valence-electron chi connectivity index (χ0n) is 15.4. The molecule has 0 radical (unpaired) electrons. The minimum absolute atomic E-state index is 0.0630. The fourth-order valence-electron chi connectivity index (χ4n) is 4.74. The number of aromatic amines is 1. The maximum atomic E-state index is 12.7. The number of aryl methyl sites for hydroxylation is 2. The van der Waals surface area contributed by atoms with Gasteiger partial charge in [0.1, 0.15) is 0 Å². The van der Waals surface area contributed by atoms with E-state index in [0.29, 0.717) is 12.0 Å². The molecule has 2 atom stereocenters. The van der Waals surface area contributed by atoms with E-state index in [1.807, 2.05) is 18.2 Å². The molecule has 4 heteroatoms. The van der Waals surface area contributed by atoms with Crippen LogP contribution in [0.15, 0.2) is 18.2 Å². The summed E-state index contributed by atoms with van der Waals surface area (Å²) in [4.78, 5) is 18.7. The highest BCUT2D eigenvalue weighted by molar-refractivity contribution is 5.99. The van der Waals surface area contributed by atoms with E-state index < -0.39 is 0 Å². The Morgan fingerprint density at radius 3 is 2.92 bits per heavy atom. The van der Waals surface area contributed by atoms with Crippen molar-refractivity contribution >= 4 is 16.8 Å².